The van der Waals surface area contributed by atoms with Gasteiger partial charge in [-0.3, -0.25) is 15.4 Å². The predicted molar refractivity (Wildman–Crippen MR) is 94.2 cm³/mol. The maximum absolute atomic E-state index is 11.9. The molecular weight excluding hydrogens is 324 g/mol. The Bertz CT molecular complexity index is 796. The maximum atomic E-state index is 11.9. The van der Waals surface area contributed by atoms with Gasteiger partial charge < -0.3 is 9.47 Å². The van der Waals surface area contributed by atoms with Gasteiger partial charge in [-0.25, -0.2) is 4.79 Å². The molecule has 0 aromatic heterocycles. The van der Waals surface area contributed by atoms with Gasteiger partial charge in [-0.15, -0.1) is 0 Å². The zero-order valence-electron chi connectivity index (χ0n) is 14.5. The largest absolute Gasteiger partial charge is 0.457 e. The van der Waals surface area contributed by atoms with E-state index in [0.29, 0.717) is 11.5 Å². The third-order valence-corrected chi connectivity index (χ3v) is 3.12. The van der Waals surface area contributed by atoms with Crippen LogP contribution in [0, 0.1) is 17.0 Å². The van der Waals surface area contributed by atoms with Crippen molar-refractivity contribution in [3.8, 4) is 11.5 Å². The Labute approximate surface area is 145 Å². The topological polar surface area (TPSA) is 90.7 Å². The molecule has 0 radical (unpaired) electrons. The van der Waals surface area contributed by atoms with Gasteiger partial charge in [-0.1, -0.05) is 18.2 Å². The number of carbonyl (C=O) groups is 1. The van der Waals surface area contributed by atoms with E-state index in [1.165, 1.54) is 18.2 Å². The summed E-state index contributed by atoms with van der Waals surface area (Å²) in [7, 11) is 0. The summed E-state index contributed by atoms with van der Waals surface area (Å²) in [6.45, 7) is 7.01. The number of rotatable bonds is 4. The zero-order chi connectivity index (χ0) is 18.6. The van der Waals surface area contributed by atoms with Crippen LogP contribution in [0.25, 0.3) is 0 Å². The molecule has 0 heterocycles. The van der Waals surface area contributed by atoms with Crippen molar-refractivity contribution < 1.29 is 19.2 Å². The monoisotopic (exact) mass is 344 g/mol. The first-order chi connectivity index (χ1) is 11.7. The van der Waals surface area contributed by atoms with Gasteiger partial charge in [-0.2, -0.15) is 0 Å². The number of aryl methyl sites for hydroxylation is 1. The summed E-state index contributed by atoms with van der Waals surface area (Å²) in [5.41, 5.74) is -0.0375. The van der Waals surface area contributed by atoms with Gasteiger partial charge in [0, 0.05) is 12.1 Å². The fraction of sp³-hybridized carbons (Fsp3) is 0.278. The van der Waals surface area contributed by atoms with Gasteiger partial charge in [-0.05, 0) is 45.4 Å². The number of nitro groups is 1. The standard InChI is InChI=1S/C18H20N2O5/c1-12-7-5-6-8-16(12)24-13-9-10-15(20(22)23)14(11-13)19-17(21)25-18(2,3)4/h5-11H,1-4H3,(H,19,21). The lowest BCUT2D eigenvalue weighted by atomic mass is 10.2. The highest BCUT2D eigenvalue weighted by Gasteiger charge is 2.21. The quantitative estimate of drug-likeness (QED) is 0.619. The highest BCUT2D eigenvalue weighted by Crippen LogP contribution is 2.32. The third-order valence-electron chi connectivity index (χ3n) is 3.12. The minimum Gasteiger partial charge on any atom is -0.457 e. The van der Waals surface area contributed by atoms with E-state index in [0.717, 1.165) is 5.56 Å². The summed E-state index contributed by atoms with van der Waals surface area (Å²) < 4.78 is 10.9. The molecule has 0 aliphatic rings. The molecule has 2 aromatic carbocycles. The molecule has 0 bridgehead atoms. The predicted octanol–water partition coefficient (Wildman–Crippen LogP) is 5.04. The molecule has 132 valence electrons. The second-order valence-corrected chi connectivity index (χ2v) is 6.43. The van der Waals surface area contributed by atoms with Gasteiger partial charge in [0.1, 0.15) is 22.8 Å². The van der Waals surface area contributed by atoms with E-state index in [4.69, 9.17) is 9.47 Å². The highest BCUT2D eigenvalue weighted by atomic mass is 16.6. The molecule has 0 saturated heterocycles. The SMILES string of the molecule is Cc1ccccc1Oc1ccc([N+](=O)[O-])c(NC(=O)OC(C)(C)C)c1. The van der Waals surface area contributed by atoms with E-state index in [-0.39, 0.29) is 11.4 Å². The summed E-state index contributed by atoms with van der Waals surface area (Å²) >= 11 is 0. The Morgan fingerprint density at radius 3 is 2.44 bits per heavy atom. The van der Waals surface area contributed by atoms with Crippen LogP contribution in [0.1, 0.15) is 26.3 Å². The number of carbonyl (C=O) groups excluding carboxylic acids is 1. The number of anilines is 1. The van der Waals surface area contributed by atoms with Crippen LogP contribution in [-0.2, 0) is 4.74 Å². The molecule has 0 atom stereocenters. The number of hydrogen-bond donors (Lipinski definition) is 1. The fourth-order valence-electron chi connectivity index (χ4n) is 2.05. The first-order valence-corrected chi connectivity index (χ1v) is 7.67. The van der Waals surface area contributed by atoms with Crippen molar-refractivity contribution in [1.29, 1.82) is 0 Å². The molecule has 0 saturated carbocycles. The van der Waals surface area contributed by atoms with E-state index in [1.807, 2.05) is 25.1 Å². The van der Waals surface area contributed by atoms with E-state index in [2.05, 4.69) is 5.32 Å². The van der Waals surface area contributed by atoms with Crippen molar-refractivity contribution >= 4 is 17.5 Å². The normalized spacial score (nSPS) is 10.9. The van der Waals surface area contributed by atoms with Crippen LogP contribution in [0.2, 0.25) is 0 Å². The number of para-hydroxylation sites is 1. The minimum absolute atomic E-state index is 0.00494. The van der Waals surface area contributed by atoms with Crippen LogP contribution in [0.4, 0.5) is 16.2 Å². The lowest BCUT2D eigenvalue weighted by molar-refractivity contribution is -0.383. The molecule has 25 heavy (non-hydrogen) atoms. The Kier molecular flexibility index (Phi) is 5.26. The molecule has 0 fully saturated rings. The van der Waals surface area contributed by atoms with Gasteiger partial charge in [0.25, 0.3) is 5.69 Å². The first kappa shape index (κ1) is 18.3. The van der Waals surface area contributed by atoms with Crippen LogP contribution in [0.5, 0.6) is 11.5 Å². The number of amides is 1. The molecule has 0 spiro atoms. The summed E-state index contributed by atoms with van der Waals surface area (Å²) in [4.78, 5) is 22.5. The summed E-state index contributed by atoms with van der Waals surface area (Å²) in [6, 6.07) is 11.5. The van der Waals surface area contributed by atoms with Crippen molar-refractivity contribution in [2.75, 3.05) is 5.32 Å². The van der Waals surface area contributed by atoms with Crippen LogP contribution >= 0.6 is 0 Å². The Hall–Kier alpha value is -3.09. The van der Waals surface area contributed by atoms with Crippen molar-refractivity contribution in [3.63, 3.8) is 0 Å². The smallest absolute Gasteiger partial charge is 0.412 e. The number of benzene rings is 2. The van der Waals surface area contributed by atoms with Crippen LogP contribution in [-0.4, -0.2) is 16.6 Å². The van der Waals surface area contributed by atoms with Gasteiger partial charge >= 0.3 is 6.09 Å². The fourth-order valence-corrected chi connectivity index (χ4v) is 2.05. The summed E-state index contributed by atoms with van der Waals surface area (Å²) in [6.07, 6.45) is -0.774. The van der Waals surface area contributed by atoms with Gasteiger partial charge in [0.05, 0.1) is 4.92 Å². The Balaban J connectivity index is 2.28. The van der Waals surface area contributed by atoms with E-state index < -0.39 is 16.6 Å². The summed E-state index contributed by atoms with van der Waals surface area (Å²) in [5, 5.41) is 13.6. The van der Waals surface area contributed by atoms with Crippen molar-refractivity contribution in [2.24, 2.45) is 0 Å². The Morgan fingerprint density at radius 2 is 1.84 bits per heavy atom. The molecule has 0 aliphatic carbocycles. The molecule has 7 heteroatoms. The van der Waals surface area contributed by atoms with Crippen molar-refractivity contribution in [1.82, 2.24) is 0 Å². The first-order valence-electron chi connectivity index (χ1n) is 7.67. The average Bonchev–Trinajstić information content (AvgIpc) is 2.47. The van der Waals surface area contributed by atoms with E-state index in [1.54, 1.807) is 26.8 Å². The van der Waals surface area contributed by atoms with Crippen LogP contribution in [0.15, 0.2) is 42.5 Å². The average molecular weight is 344 g/mol. The number of nitrogens with zero attached hydrogens (tertiary/aromatic N) is 1. The van der Waals surface area contributed by atoms with Crippen LogP contribution < -0.4 is 10.1 Å². The zero-order valence-corrected chi connectivity index (χ0v) is 14.5. The second-order valence-electron chi connectivity index (χ2n) is 6.43. The maximum Gasteiger partial charge on any atom is 0.412 e. The molecular formula is C18H20N2O5. The number of nitro benzene ring substituents is 1. The molecule has 1 N–H and O–H groups in total. The molecule has 0 unspecified atom stereocenters. The highest BCUT2D eigenvalue weighted by molar-refractivity contribution is 5.88. The lowest BCUT2D eigenvalue weighted by Gasteiger charge is -2.19. The number of nitrogens with one attached hydrogen (secondary N) is 1. The van der Waals surface area contributed by atoms with Gasteiger partial charge in [0.15, 0.2) is 0 Å². The molecule has 2 aromatic rings. The molecule has 1 amide bonds. The molecule has 2 rings (SSSR count). The Morgan fingerprint density at radius 1 is 1.16 bits per heavy atom. The molecule has 0 aliphatic heterocycles. The van der Waals surface area contributed by atoms with E-state index >= 15 is 0 Å². The van der Waals surface area contributed by atoms with Crippen molar-refractivity contribution in [2.45, 2.75) is 33.3 Å². The second kappa shape index (κ2) is 7.21. The minimum atomic E-state index is -0.774. The van der Waals surface area contributed by atoms with E-state index in [9.17, 15) is 14.9 Å². The van der Waals surface area contributed by atoms with Crippen LogP contribution in [0.3, 0.4) is 0 Å². The number of hydrogen-bond acceptors (Lipinski definition) is 5. The van der Waals surface area contributed by atoms with Crippen molar-refractivity contribution in [3.05, 3.63) is 58.1 Å². The van der Waals surface area contributed by atoms with Gasteiger partial charge in [0.2, 0.25) is 0 Å². The summed E-state index contributed by atoms with van der Waals surface area (Å²) in [5.74, 6) is 0.991. The molecule has 7 nitrogen and oxygen atoms in total. The number of ether oxygens (including phenoxy) is 2. The lowest BCUT2D eigenvalue weighted by Crippen LogP contribution is -2.27. The third kappa shape index (κ3) is 5.20.